The van der Waals surface area contributed by atoms with Crippen LogP contribution in [0.15, 0.2) is 12.5 Å². The highest BCUT2D eigenvalue weighted by Crippen LogP contribution is 2.21. The van der Waals surface area contributed by atoms with E-state index >= 15 is 0 Å². The molecule has 0 aromatic carbocycles. The molecule has 0 radical (unpaired) electrons. The first-order valence-corrected chi connectivity index (χ1v) is 4.46. The Morgan fingerprint density at radius 3 is 2.79 bits per heavy atom. The van der Waals surface area contributed by atoms with Gasteiger partial charge in [0.2, 0.25) is 0 Å². The number of hydrogen-bond acceptors (Lipinski definition) is 3. The summed E-state index contributed by atoms with van der Waals surface area (Å²) in [7, 11) is 1.83. The van der Waals surface area contributed by atoms with Crippen molar-refractivity contribution in [2.24, 2.45) is 12.8 Å². The fourth-order valence-corrected chi connectivity index (χ4v) is 1.47. The van der Waals surface area contributed by atoms with Crippen LogP contribution in [-0.2, 0) is 11.8 Å². The molecule has 0 aliphatic rings. The van der Waals surface area contributed by atoms with Crippen molar-refractivity contribution in [3.05, 3.63) is 18.2 Å². The van der Waals surface area contributed by atoms with E-state index in [1.54, 1.807) is 24.0 Å². The van der Waals surface area contributed by atoms with E-state index in [9.17, 15) is 4.79 Å². The summed E-state index contributed by atoms with van der Waals surface area (Å²) in [4.78, 5) is 14.6. The molecule has 2 unspecified atom stereocenters. The zero-order chi connectivity index (χ0) is 10.7. The fraction of sp³-hybridized carbons (Fsp3) is 0.556. The van der Waals surface area contributed by atoms with Crippen molar-refractivity contribution in [3.63, 3.8) is 0 Å². The zero-order valence-electron chi connectivity index (χ0n) is 8.34. The van der Waals surface area contributed by atoms with Crippen LogP contribution < -0.4 is 5.73 Å². The van der Waals surface area contributed by atoms with Gasteiger partial charge in [-0.2, -0.15) is 0 Å². The number of nitrogens with two attached hydrogens (primary N) is 1. The van der Waals surface area contributed by atoms with E-state index in [1.165, 1.54) is 0 Å². The molecule has 1 rings (SSSR count). The lowest BCUT2D eigenvalue weighted by molar-refractivity contribution is -0.137. The first-order chi connectivity index (χ1) is 6.52. The third-order valence-electron chi connectivity index (χ3n) is 2.26. The molecule has 0 fully saturated rings. The van der Waals surface area contributed by atoms with Gasteiger partial charge >= 0.3 is 5.97 Å². The maximum atomic E-state index is 10.6. The second-order valence-electron chi connectivity index (χ2n) is 3.49. The average molecular weight is 197 g/mol. The molecule has 78 valence electrons. The van der Waals surface area contributed by atoms with E-state index in [4.69, 9.17) is 10.8 Å². The summed E-state index contributed by atoms with van der Waals surface area (Å²) in [5, 5.41) is 8.74. The van der Waals surface area contributed by atoms with Gasteiger partial charge in [-0.3, -0.25) is 4.79 Å². The number of hydrogen-bond donors (Lipinski definition) is 2. The summed E-state index contributed by atoms with van der Waals surface area (Å²) in [6.07, 6.45) is 3.35. The van der Waals surface area contributed by atoms with E-state index < -0.39 is 5.97 Å². The van der Waals surface area contributed by atoms with E-state index in [0.717, 1.165) is 5.69 Å². The Hall–Kier alpha value is -1.36. The van der Waals surface area contributed by atoms with Gasteiger partial charge in [-0.25, -0.2) is 4.98 Å². The zero-order valence-corrected chi connectivity index (χ0v) is 8.34. The topological polar surface area (TPSA) is 81.1 Å². The molecular weight excluding hydrogens is 182 g/mol. The number of carbonyl (C=O) groups is 1. The van der Waals surface area contributed by atoms with Gasteiger partial charge in [-0.1, -0.05) is 0 Å². The summed E-state index contributed by atoms with van der Waals surface area (Å²) in [5.74, 6) is -1.02. The van der Waals surface area contributed by atoms with Crippen LogP contribution in [0.3, 0.4) is 0 Å². The Bertz CT molecular complexity index is 320. The van der Waals surface area contributed by atoms with Gasteiger partial charge in [0.25, 0.3) is 0 Å². The molecule has 1 heterocycles. The Morgan fingerprint density at radius 2 is 2.43 bits per heavy atom. The summed E-state index contributed by atoms with van der Waals surface area (Å²) in [6.45, 7) is 1.81. The van der Waals surface area contributed by atoms with Crippen molar-refractivity contribution in [1.82, 2.24) is 9.55 Å². The summed E-state index contributed by atoms with van der Waals surface area (Å²) >= 11 is 0. The number of nitrogens with zero attached hydrogens (tertiary/aromatic N) is 2. The van der Waals surface area contributed by atoms with Crippen molar-refractivity contribution in [2.75, 3.05) is 0 Å². The molecule has 0 saturated heterocycles. The molecule has 14 heavy (non-hydrogen) atoms. The molecule has 2 atom stereocenters. The molecule has 0 aliphatic heterocycles. The minimum Gasteiger partial charge on any atom is -0.481 e. The quantitative estimate of drug-likeness (QED) is 0.728. The van der Waals surface area contributed by atoms with Crippen LogP contribution in [0.4, 0.5) is 0 Å². The van der Waals surface area contributed by atoms with Gasteiger partial charge in [0.1, 0.15) is 0 Å². The van der Waals surface area contributed by atoms with Crippen LogP contribution in [0.25, 0.3) is 0 Å². The van der Waals surface area contributed by atoms with Crippen molar-refractivity contribution in [2.45, 2.75) is 25.3 Å². The van der Waals surface area contributed by atoms with Gasteiger partial charge in [0.15, 0.2) is 0 Å². The molecule has 0 amide bonds. The number of rotatable bonds is 4. The fourth-order valence-electron chi connectivity index (χ4n) is 1.47. The third-order valence-corrected chi connectivity index (χ3v) is 2.26. The molecule has 0 spiro atoms. The van der Waals surface area contributed by atoms with Crippen molar-refractivity contribution in [1.29, 1.82) is 0 Å². The minimum absolute atomic E-state index is 0.0389. The van der Waals surface area contributed by atoms with Crippen molar-refractivity contribution >= 4 is 5.97 Å². The molecule has 1 aromatic rings. The Labute approximate surface area is 82.6 Å². The number of carboxylic acid groups (broad SMARTS) is 1. The van der Waals surface area contributed by atoms with Gasteiger partial charge in [0, 0.05) is 30.9 Å². The lowest BCUT2D eigenvalue weighted by Crippen LogP contribution is -2.28. The normalized spacial score (nSPS) is 15.1. The number of aryl methyl sites for hydroxylation is 1. The third kappa shape index (κ3) is 2.32. The Balaban J connectivity index is 2.88. The Morgan fingerprint density at radius 1 is 1.79 bits per heavy atom. The van der Waals surface area contributed by atoms with Crippen molar-refractivity contribution in [3.8, 4) is 0 Å². The molecule has 5 heteroatoms. The number of aliphatic carboxylic acids is 1. The van der Waals surface area contributed by atoms with Crippen LogP contribution in [0.2, 0.25) is 0 Å². The average Bonchev–Trinajstić information content (AvgIpc) is 2.46. The van der Waals surface area contributed by atoms with Gasteiger partial charge in [-0.15, -0.1) is 0 Å². The van der Waals surface area contributed by atoms with Gasteiger partial charge in [-0.05, 0) is 6.92 Å². The van der Waals surface area contributed by atoms with Crippen LogP contribution >= 0.6 is 0 Å². The van der Waals surface area contributed by atoms with Gasteiger partial charge < -0.3 is 15.4 Å². The van der Waals surface area contributed by atoms with E-state index in [2.05, 4.69) is 4.98 Å². The minimum atomic E-state index is -0.839. The molecule has 0 aliphatic carbocycles. The molecule has 0 saturated carbocycles. The number of imidazole rings is 1. The monoisotopic (exact) mass is 197 g/mol. The number of aromatic nitrogens is 2. The summed E-state index contributed by atoms with van der Waals surface area (Å²) < 4.78 is 1.80. The first-order valence-electron chi connectivity index (χ1n) is 4.46. The number of carboxylic acids is 1. The molecular formula is C9H15N3O2. The van der Waals surface area contributed by atoms with Gasteiger partial charge in [0.05, 0.1) is 12.7 Å². The van der Waals surface area contributed by atoms with Crippen LogP contribution in [0.1, 0.15) is 25.0 Å². The molecule has 3 N–H and O–H groups in total. The standard InChI is InChI=1S/C9H15N3O2/c1-6(10)7(3-9(13)14)8-4-11-5-12(8)2/h4-7H,3,10H2,1-2H3,(H,13,14). The summed E-state index contributed by atoms with van der Waals surface area (Å²) in [5.41, 5.74) is 6.60. The maximum absolute atomic E-state index is 10.6. The largest absolute Gasteiger partial charge is 0.481 e. The lowest BCUT2D eigenvalue weighted by Gasteiger charge is -2.18. The predicted octanol–water partition coefficient (Wildman–Crippen LogP) is 0.326. The highest BCUT2D eigenvalue weighted by molar-refractivity contribution is 5.68. The second kappa shape index (κ2) is 4.23. The van der Waals surface area contributed by atoms with Crippen LogP contribution in [-0.4, -0.2) is 26.7 Å². The molecule has 1 aromatic heterocycles. The Kier molecular flexibility index (Phi) is 3.24. The highest BCUT2D eigenvalue weighted by Gasteiger charge is 2.21. The maximum Gasteiger partial charge on any atom is 0.304 e. The first kappa shape index (κ1) is 10.7. The molecule has 5 nitrogen and oxygen atoms in total. The van der Waals surface area contributed by atoms with E-state index in [0.29, 0.717) is 0 Å². The SMILES string of the molecule is CC(N)C(CC(=O)O)c1cncn1C. The lowest BCUT2D eigenvalue weighted by atomic mass is 9.95. The second-order valence-corrected chi connectivity index (χ2v) is 3.49. The molecule has 0 bridgehead atoms. The van der Waals surface area contributed by atoms with E-state index in [-0.39, 0.29) is 18.4 Å². The van der Waals surface area contributed by atoms with Crippen molar-refractivity contribution < 1.29 is 9.90 Å². The van der Waals surface area contributed by atoms with E-state index in [1.807, 2.05) is 7.05 Å². The van der Waals surface area contributed by atoms with Crippen LogP contribution in [0, 0.1) is 0 Å². The smallest absolute Gasteiger partial charge is 0.304 e. The summed E-state index contributed by atoms with van der Waals surface area (Å²) in [6, 6.07) is -0.193. The van der Waals surface area contributed by atoms with Crippen LogP contribution in [0.5, 0.6) is 0 Å². The highest BCUT2D eigenvalue weighted by atomic mass is 16.4. The predicted molar refractivity (Wildman–Crippen MR) is 51.9 cm³/mol.